The van der Waals surface area contributed by atoms with E-state index < -0.39 is 4.92 Å². The molecule has 0 aliphatic carbocycles. The van der Waals surface area contributed by atoms with Crippen LogP contribution in [-0.4, -0.2) is 26.5 Å². The van der Waals surface area contributed by atoms with Crippen LogP contribution in [-0.2, 0) is 6.42 Å². The van der Waals surface area contributed by atoms with Gasteiger partial charge in [-0.05, 0) is 31.9 Å². The minimum absolute atomic E-state index is 0.0413. The molecule has 0 saturated heterocycles. The van der Waals surface area contributed by atoms with Crippen LogP contribution in [0.25, 0.3) is 5.69 Å². The number of benzene rings is 1. The van der Waals surface area contributed by atoms with Gasteiger partial charge in [-0.1, -0.05) is 11.3 Å². The summed E-state index contributed by atoms with van der Waals surface area (Å²) in [5, 5.41) is 18.8. The van der Waals surface area contributed by atoms with Crippen LogP contribution in [0.15, 0.2) is 24.4 Å². The van der Waals surface area contributed by atoms with Gasteiger partial charge in [0.05, 0.1) is 22.5 Å². The van der Waals surface area contributed by atoms with E-state index in [9.17, 15) is 10.1 Å². The molecule has 0 amide bonds. The topological polar surface area (TPSA) is 99.9 Å². The summed E-state index contributed by atoms with van der Waals surface area (Å²) in [6.07, 6.45) is 3.37. The molecule has 0 aliphatic heterocycles. The maximum Gasteiger partial charge on any atom is 0.271 e. The summed E-state index contributed by atoms with van der Waals surface area (Å²) in [6.45, 7) is 2.48. The summed E-state index contributed by atoms with van der Waals surface area (Å²) >= 11 is 0. The van der Waals surface area contributed by atoms with Gasteiger partial charge in [-0.25, -0.2) is 4.68 Å². The SMILES string of the molecule is Cc1ccc([N+](=O)[O-])cc1-n1cc(CCCN)nn1. The fourth-order valence-corrected chi connectivity index (χ4v) is 1.77. The molecule has 1 aromatic carbocycles. The summed E-state index contributed by atoms with van der Waals surface area (Å²) in [5.41, 5.74) is 7.88. The van der Waals surface area contributed by atoms with Gasteiger partial charge in [0, 0.05) is 12.1 Å². The van der Waals surface area contributed by atoms with E-state index in [1.807, 2.05) is 6.92 Å². The summed E-state index contributed by atoms with van der Waals surface area (Å²) < 4.78 is 1.56. The summed E-state index contributed by atoms with van der Waals surface area (Å²) in [4.78, 5) is 10.4. The third-order valence-electron chi connectivity index (χ3n) is 2.83. The van der Waals surface area contributed by atoms with E-state index in [-0.39, 0.29) is 5.69 Å². The van der Waals surface area contributed by atoms with Crippen molar-refractivity contribution < 1.29 is 4.92 Å². The lowest BCUT2D eigenvalue weighted by molar-refractivity contribution is -0.384. The fraction of sp³-hybridized carbons (Fsp3) is 0.333. The zero-order valence-corrected chi connectivity index (χ0v) is 10.6. The molecule has 2 rings (SSSR count). The van der Waals surface area contributed by atoms with Gasteiger partial charge in [0.2, 0.25) is 0 Å². The average Bonchev–Trinajstić information content (AvgIpc) is 2.85. The van der Waals surface area contributed by atoms with Gasteiger partial charge in [-0.2, -0.15) is 0 Å². The van der Waals surface area contributed by atoms with Gasteiger partial charge in [0.1, 0.15) is 0 Å². The fourth-order valence-electron chi connectivity index (χ4n) is 1.77. The standard InChI is InChI=1S/C12H15N5O2/c1-9-4-5-11(17(18)19)7-12(9)16-8-10(14-15-16)3-2-6-13/h4-5,7-8H,2-3,6,13H2,1H3. The van der Waals surface area contributed by atoms with Crippen LogP contribution < -0.4 is 5.73 Å². The predicted octanol–water partition coefficient (Wildman–Crippen LogP) is 1.38. The third-order valence-corrected chi connectivity index (χ3v) is 2.83. The number of aromatic nitrogens is 3. The molecule has 0 fully saturated rings. The number of nitrogens with two attached hydrogens (primary N) is 1. The molecule has 1 heterocycles. The van der Waals surface area contributed by atoms with Crippen molar-refractivity contribution in [2.45, 2.75) is 19.8 Å². The molecule has 0 bridgehead atoms. The maximum absolute atomic E-state index is 10.8. The monoisotopic (exact) mass is 261 g/mol. The van der Waals surface area contributed by atoms with Crippen molar-refractivity contribution in [1.29, 1.82) is 0 Å². The second-order valence-corrected chi connectivity index (χ2v) is 4.27. The molecule has 0 unspecified atom stereocenters. The first-order chi connectivity index (χ1) is 9.11. The van der Waals surface area contributed by atoms with Crippen LogP contribution in [0.2, 0.25) is 0 Å². The Labute approximate surface area is 110 Å². The third kappa shape index (κ3) is 2.94. The minimum atomic E-state index is -0.421. The Morgan fingerprint density at radius 2 is 2.26 bits per heavy atom. The second-order valence-electron chi connectivity index (χ2n) is 4.27. The van der Waals surface area contributed by atoms with Crippen molar-refractivity contribution in [3.63, 3.8) is 0 Å². The lowest BCUT2D eigenvalue weighted by atomic mass is 10.2. The van der Waals surface area contributed by atoms with Crippen LogP contribution in [0.5, 0.6) is 0 Å². The summed E-state index contributed by atoms with van der Waals surface area (Å²) in [5.74, 6) is 0. The van der Waals surface area contributed by atoms with Crippen LogP contribution in [0.1, 0.15) is 17.7 Å². The van der Waals surface area contributed by atoms with Gasteiger partial charge in [0.25, 0.3) is 5.69 Å². The molecule has 0 radical (unpaired) electrons. The number of hydrogen-bond donors (Lipinski definition) is 1. The highest BCUT2D eigenvalue weighted by Crippen LogP contribution is 2.20. The normalized spacial score (nSPS) is 10.6. The van der Waals surface area contributed by atoms with Gasteiger partial charge in [0.15, 0.2) is 0 Å². The van der Waals surface area contributed by atoms with Crippen LogP contribution in [0.3, 0.4) is 0 Å². The number of nitrogens with zero attached hydrogens (tertiary/aromatic N) is 4. The lowest BCUT2D eigenvalue weighted by Gasteiger charge is -2.04. The molecule has 2 N–H and O–H groups in total. The van der Waals surface area contributed by atoms with Gasteiger partial charge in [-0.3, -0.25) is 10.1 Å². The number of rotatable bonds is 5. The Bertz CT molecular complexity index is 594. The highest BCUT2D eigenvalue weighted by molar-refractivity contribution is 5.48. The lowest BCUT2D eigenvalue weighted by Crippen LogP contribution is -2.00. The van der Waals surface area contributed by atoms with E-state index in [1.165, 1.54) is 12.1 Å². The Hall–Kier alpha value is -2.28. The van der Waals surface area contributed by atoms with E-state index in [1.54, 1.807) is 16.9 Å². The number of aryl methyl sites for hydroxylation is 2. The van der Waals surface area contributed by atoms with Crippen molar-refractivity contribution in [3.8, 4) is 5.69 Å². The van der Waals surface area contributed by atoms with E-state index in [2.05, 4.69) is 10.3 Å². The first-order valence-electron chi connectivity index (χ1n) is 5.98. The number of nitro benzene ring substituents is 1. The Morgan fingerprint density at radius 1 is 1.47 bits per heavy atom. The second kappa shape index (κ2) is 5.57. The van der Waals surface area contributed by atoms with Crippen molar-refractivity contribution in [1.82, 2.24) is 15.0 Å². The van der Waals surface area contributed by atoms with Crippen LogP contribution in [0.4, 0.5) is 5.69 Å². The highest BCUT2D eigenvalue weighted by Gasteiger charge is 2.11. The molecule has 0 saturated carbocycles. The molecule has 100 valence electrons. The molecular formula is C12H15N5O2. The molecule has 7 heteroatoms. The van der Waals surface area contributed by atoms with E-state index in [0.29, 0.717) is 12.2 Å². The van der Waals surface area contributed by atoms with Crippen LogP contribution >= 0.6 is 0 Å². The summed E-state index contributed by atoms with van der Waals surface area (Å²) in [6, 6.07) is 4.68. The van der Waals surface area contributed by atoms with Gasteiger partial charge in [-0.15, -0.1) is 5.10 Å². The van der Waals surface area contributed by atoms with Gasteiger partial charge < -0.3 is 5.73 Å². The number of nitro groups is 1. The van der Waals surface area contributed by atoms with Crippen molar-refractivity contribution >= 4 is 5.69 Å². The maximum atomic E-state index is 10.8. The van der Waals surface area contributed by atoms with Crippen LogP contribution in [0, 0.1) is 17.0 Å². The molecule has 2 aromatic rings. The van der Waals surface area contributed by atoms with Gasteiger partial charge >= 0.3 is 0 Å². The minimum Gasteiger partial charge on any atom is -0.330 e. The number of non-ortho nitro benzene ring substituents is 1. The van der Waals surface area contributed by atoms with E-state index in [0.717, 1.165) is 24.1 Å². The largest absolute Gasteiger partial charge is 0.330 e. The van der Waals surface area contributed by atoms with E-state index >= 15 is 0 Å². The molecule has 19 heavy (non-hydrogen) atoms. The molecular weight excluding hydrogens is 246 g/mol. The van der Waals surface area contributed by atoms with Crippen molar-refractivity contribution in [2.24, 2.45) is 5.73 Å². The Balaban J connectivity index is 2.32. The molecule has 0 atom stereocenters. The average molecular weight is 261 g/mol. The Kier molecular flexibility index (Phi) is 3.86. The quantitative estimate of drug-likeness (QED) is 0.647. The molecule has 0 spiro atoms. The predicted molar refractivity (Wildman–Crippen MR) is 70.1 cm³/mol. The first kappa shape index (κ1) is 13.2. The smallest absolute Gasteiger partial charge is 0.271 e. The molecule has 1 aromatic heterocycles. The number of hydrogen-bond acceptors (Lipinski definition) is 5. The molecule has 7 nitrogen and oxygen atoms in total. The Morgan fingerprint density at radius 3 is 2.95 bits per heavy atom. The summed E-state index contributed by atoms with van der Waals surface area (Å²) in [7, 11) is 0. The zero-order valence-electron chi connectivity index (χ0n) is 10.6. The first-order valence-corrected chi connectivity index (χ1v) is 5.98. The van der Waals surface area contributed by atoms with Crippen molar-refractivity contribution in [2.75, 3.05) is 6.54 Å². The molecule has 0 aliphatic rings. The highest BCUT2D eigenvalue weighted by atomic mass is 16.6. The van der Waals surface area contributed by atoms with E-state index in [4.69, 9.17) is 5.73 Å². The van der Waals surface area contributed by atoms with Crippen molar-refractivity contribution in [3.05, 3.63) is 45.8 Å². The zero-order chi connectivity index (χ0) is 13.8.